The standard InChI is InChI=1S/C12H16N2O3S2/c1-7-3-9(19-8(7)2)4-13-12(17)14-6-18-5-10(14)11(15)16/h3,10H,4-6H2,1-2H3,(H,13,17)(H,15,16). The van der Waals surface area contributed by atoms with Gasteiger partial charge in [-0.25, -0.2) is 9.59 Å². The van der Waals surface area contributed by atoms with E-state index < -0.39 is 12.0 Å². The van der Waals surface area contributed by atoms with Crippen LogP contribution >= 0.6 is 23.1 Å². The highest BCUT2D eigenvalue weighted by Gasteiger charge is 2.34. The average Bonchev–Trinajstić information content (AvgIpc) is 2.94. The van der Waals surface area contributed by atoms with Gasteiger partial charge in [0, 0.05) is 15.5 Å². The molecule has 0 aliphatic carbocycles. The first-order valence-corrected chi connectivity index (χ1v) is 7.87. The van der Waals surface area contributed by atoms with E-state index in [2.05, 4.69) is 5.32 Å². The van der Waals surface area contributed by atoms with Crippen molar-refractivity contribution in [3.63, 3.8) is 0 Å². The van der Waals surface area contributed by atoms with E-state index in [9.17, 15) is 9.59 Å². The van der Waals surface area contributed by atoms with Crippen LogP contribution in [0, 0.1) is 13.8 Å². The highest BCUT2D eigenvalue weighted by Crippen LogP contribution is 2.22. The van der Waals surface area contributed by atoms with Crippen molar-refractivity contribution < 1.29 is 14.7 Å². The molecule has 2 amide bonds. The first-order valence-electron chi connectivity index (χ1n) is 5.90. The molecule has 1 fully saturated rings. The smallest absolute Gasteiger partial charge is 0.327 e. The summed E-state index contributed by atoms with van der Waals surface area (Å²) < 4.78 is 0. The molecular weight excluding hydrogens is 284 g/mol. The molecule has 5 nitrogen and oxygen atoms in total. The molecule has 0 aromatic carbocycles. The van der Waals surface area contributed by atoms with Gasteiger partial charge in [-0.3, -0.25) is 0 Å². The van der Waals surface area contributed by atoms with Gasteiger partial charge in [-0.1, -0.05) is 0 Å². The Morgan fingerprint density at radius 2 is 2.26 bits per heavy atom. The molecule has 1 saturated heterocycles. The summed E-state index contributed by atoms with van der Waals surface area (Å²) in [4.78, 5) is 26.7. The van der Waals surface area contributed by atoms with Crippen LogP contribution in [-0.2, 0) is 11.3 Å². The summed E-state index contributed by atoms with van der Waals surface area (Å²) in [5, 5.41) is 11.8. The molecule has 0 radical (unpaired) electrons. The molecule has 2 N–H and O–H groups in total. The number of amides is 2. The van der Waals surface area contributed by atoms with Gasteiger partial charge < -0.3 is 15.3 Å². The predicted molar refractivity (Wildman–Crippen MR) is 76.6 cm³/mol. The minimum absolute atomic E-state index is 0.305. The fraction of sp³-hybridized carbons (Fsp3) is 0.500. The summed E-state index contributed by atoms with van der Waals surface area (Å²) in [6.45, 7) is 4.53. The number of carboxylic acids is 1. The van der Waals surface area contributed by atoms with E-state index in [0.29, 0.717) is 18.2 Å². The lowest BCUT2D eigenvalue weighted by Gasteiger charge is -2.20. The third kappa shape index (κ3) is 3.22. The van der Waals surface area contributed by atoms with Crippen LogP contribution in [0.3, 0.4) is 0 Å². The Morgan fingerprint density at radius 1 is 1.53 bits per heavy atom. The molecule has 19 heavy (non-hydrogen) atoms. The molecule has 104 valence electrons. The molecule has 1 aromatic heterocycles. The van der Waals surface area contributed by atoms with Gasteiger partial charge in [0.15, 0.2) is 0 Å². The Bertz CT molecular complexity index is 482. The molecule has 7 heteroatoms. The SMILES string of the molecule is Cc1cc(CNC(=O)N2CSCC2C(=O)O)sc1C. The number of rotatable bonds is 3. The van der Waals surface area contributed by atoms with E-state index in [-0.39, 0.29) is 6.03 Å². The van der Waals surface area contributed by atoms with Gasteiger partial charge in [-0.2, -0.15) is 0 Å². The highest BCUT2D eigenvalue weighted by molar-refractivity contribution is 7.99. The number of thioether (sulfide) groups is 1. The van der Waals surface area contributed by atoms with Gasteiger partial charge >= 0.3 is 12.0 Å². The van der Waals surface area contributed by atoms with Crippen molar-refractivity contribution in [1.29, 1.82) is 0 Å². The summed E-state index contributed by atoms with van der Waals surface area (Å²) >= 11 is 3.11. The Hall–Kier alpha value is -1.21. The van der Waals surface area contributed by atoms with Gasteiger partial charge in [0.2, 0.25) is 0 Å². The number of urea groups is 1. The molecule has 2 rings (SSSR count). The topological polar surface area (TPSA) is 69.6 Å². The second-order valence-corrected chi connectivity index (χ2v) is 6.77. The summed E-state index contributed by atoms with van der Waals surface area (Å²) in [5.74, 6) is -0.0476. The molecule has 0 bridgehead atoms. The monoisotopic (exact) mass is 300 g/mol. The number of carbonyl (C=O) groups is 2. The van der Waals surface area contributed by atoms with E-state index in [1.165, 1.54) is 27.1 Å². The number of carboxylic acid groups (broad SMARTS) is 1. The Morgan fingerprint density at radius 3 is 2.84 bits per heavy atom. The van der Waals surface area contributed by atoms with Crippen LogP contribution in [0.1, 0.15) is 15.3 Å². The second kappa shape index (κ2) is 5.83. The van der Waals surface area contributed by atoms with Gasteiger partial charge in [0.25, 0.3) is 0 Å². The van der Waals surface area contributed by atoms with E-state index in [1.807, 2.05) is 19.9 Å². The summed E-state index contributed by atoms with van der Waals surface area (Å²) in [6.07, 6.45) is 0. The van der Waals surface area contributed by atoms with Crippen molar-refractivity contribution >= 4 is 35.1 Å². The number of nitrogens with one attached hydrogen (secondary N) is 1. The van der Waals surface area contributed by atoms with Crippen LogP contribution in [0.15, 0.2) is 6.07 Å². The van der Waals surface area contributed by atoms with E-state index in [1.54, 1.807) is 11.3 Å². The zero-order valence-corrected chi connectivity index (χ0v) is 12.4. The molecule has 1 unspecified atom stereocenters. The van der Waals surface area contributed by atoms with Gasteiger partial charge in [0.1, 0.15) is 6.04 Å². The molecule has 1 aromatic rings. The van der Waals surface area contributed by atoms with Crippen molar-refractivity contribution in [1.82, 2.24) is 10.2 Å². The number of hydrogen-bond donors (Lipinski definition) is 2. The molecule has 0 spiro atoms. The summed E-state index contributed by atoms with van der Waals surface area (Å²) in [5.41, 5.74) is 1.22. The zero-order chi connectivity index (χ0) is 14.0. The third-order valence-electron chi connectivity index (χ3n) is 3.06. The van der Waals surface area contributed by atoms with Gasteiger partial charge in [-0.05, 0) is 25.5 Å². The fourth-order valence-corrected chi connectivity index (χ4v) is 3.99. The van der Waals surface area contributed by atoms with Crippen molar-refractivity contribution in [2.45, 2.75) is 26.4 Å². The number of thiophene rings is 1. The highest BCUT2D eigenvalue weighted by atomic mass is 32.2. The van der Waals surface area contributed by atoms with Crippen LogP contribution < -0.4 is 5.32 Å². The lowest BCUT2D eigenvalue weighted by atomic mass is 10.3. The second-order valence-electron chi connectivity index (χ2n) is 4.43. The van der Waals surface area contributed by atoms with Crippen LogP contribution in [0.5, 0.6) is 0 Å². The largest absolute Gasteiger partial charge is 0.480 e. The number of hydrogen-bond acceptors (Lipinski definition) is 4. The zero-order valence-electron chi connectivity index (χ0n) is 10.8. The predicted octanol–water partition coefficient (Wildman–Crippen LogP) is 2.03. The maximum Gasteiger partial charge on any atom is 0.327 e. The third-order valence-corrected chi connectivity index (χ3v) is 5.22. The van der Waals surface area contributed by atoms with Crippen molar-refractivity contribution in [3.8, 4) is 0 Å². The van der Waals surface area contributed by atoms with E-state index in [0.717, 1.165) is 4.88 Å². The first-order chi connectivity index (χ1) is 8.99. The van der Waals surface area contributed by atoms with Crippen LogP contribution in [0.2, 0.25) is 0 Å². The Labute approximate surface area is 120 Å². The minimum atomic E-state index is -0.942. The lowest BCUT2D eigenvalue weighted by molar-refractivity contribution is -0.140. The fourth-order valence-electron chi connectivity index (χ4n) is 1.85. The molecule has 0 saturated carbocycles. The van der Waals surface area contributed by atoms with Gasteiger partial charge in [0.05, 0.1) is 12.4 Å². The lowest BCUT2D eigenvalue weighted by Crippen LogP contribution is -2.46. The molecule has 1 aliphatic heterocycles. The van der Waals surface area contributed by atoms with Crippen molar-refractivity contribution in [3.05, 3.63) is 21.4 Å². The van der Waals surface area contributed by atoms with E-state index >= 15 is 0 Å². The number of carbonyl (C=O) groups excluding carboxylic acids is 1. The number of aryl methyl sites for hydroxylation is 2. The maximum atomic E-state index is 12.0. The van der Waals surface area contributed by atoms with Crippen LogP contribution in [0.4, 0.5) is 4.79 Å². The maximum absolute atomic E-state index is 12.0. The molecular formula is C12H16N2O3S2. The number of nitrogens with zero attached hydrogens (tertiary/aromatic N) is 1. The summed E-state index contributed by atoms with van der Waals surface area (Å²) in [6, 6.07) is 1.03. The van der Waals surface area contributed by atoms with Crippen LogP contribution in [0.25, 0.3) is 0 Å². The Kier molecular flexibility index (Phi) is 4.36. The molecule has 1 aliphatic rings. The van der Waals surface area contributed by atoms with Crippen molar-refractivity contribution in [2.24, 2.45) is 0 Å². The molecule has 2 heterocycles. The average molecular weight is 300 g/mol. The van der Waals surface area contributed by atoms with Crippen LogP contribution in [-0.4, -0.2) is 39.7 Å². The quantitative estimate of drug-likeness (QED) is 0.896. The molecule has 1 atom stereocenters. The number of aliphatic carboxylic acids is 1. The first kappa shape index (κ1) is 14.2. The van der Waals surface area contributed by atoms with E-state index in [4.69, 9.17) is 5.11 Å². The Balaban J connectivity index is 1.92. The van der Waals surface area contributed by atoms with Gasteiger partial charge in [-0.15, -0.1) is 23.1 Å². The minimum Gasteiger partial charge on any atom is -0.480 e. The normalized spacial score (nSPS) is 18.6. The van der Waals surface area contributed by atoms with Crippen molar-refractivity contribution in [2.75, 3.05) is 11.6 Å². The summed E-state index contributed by atoms with van der Waals surface area (Å²) in [7, 11) is 0.